The van der Waals surface area contributed by atoms with Crippen molar-refractivity contribution in [2.45, 2.75) is 19.4 Å². The van der Waals surface area contributed by atoms with Crippen molar-refractivity contribution in [3.8, 4) is 5.75 Å². The van der Waals surface area contributed by atoms with Crippen LogP contribution in [0, 0.1) is 6.92 Å². The van der Waals surface area contributed by atoms with Crippen LogP contribution in [0.4, 0.5) is 0 Å². The molecule has 3 rings (SSSR count). The van der Waals surface area contributed by atoms with E-state index in [1.165, 1.54) is 6.33 Å². The van der Waals surface area contributed by atoms with E-state index in [1.54, 1.807) is 12.1 Å². The Morgan fingerprint density at radius 3 is 2.80 bits per heavy atom. The Hall–Kier alpha value is -2.39. The van der Waals surface area contributed by atoms with E-state index in [2.05, 4.69) is 9.97 Å². The number of rotatable bonds is 6. The largest absolute Gasteiger partial charge is 0.492 e. The van der Waals surface area contributed by atoms with Gasteiger partial charge in [-0.3, -0.25) is 4.79 Å². The molecular formula is C16H19N3O5S. The number of imidazole rings is 1. The van der Waals surface area contributed by atoms with Crippen LogP contribution in [0.3, 0.4) is 0 Å². The fourth-order valence-electron chi connectivity index (χ4n) is 2.81. The number of nitrogens with one attached hydrogen (secondary N) is 1. The normalized spacial score (nSPS) is 17.9. The van der Waals surface area contributed by atoms with E-state index in [4.69, 9.17) is 4.74 Å². The maximum Gasteiger partial charge on any atom is 0.328 e. The van der Waals surface area contributed by atoms with Gasteiger partial charge in [0.25, 0.3) is 0 Å². The van der Waals surface area contributed by atoms with Crippen molar-refractivity contribution in [2.24, 2.45) is 0 Å². The highest BCUT2D eigenvalue weighted by atomic mass is 32.2. The molecule has 2 N–H and O–H groups in total. The van der Waals surface area contributed by atoms with Crippen molar-refractivity contribution >= 4 is 16.0 Å². The fourth-order valence-corrected chi connectivity index (χ4v) is 4.22. The molecule has 1 unspecified atom stereocenters. The lowest BCUT2D eigenvalue weighted by atomic mass is 10.1. The molecule has 8 nitrogen and oxygen atoms in total. The van der Waals surface area contributed by atoms with Gasteiger partial charge in [0.15, 0.2) is 6.04 Å². The third kappa shape index (κ3) is 3.67. The molecule has 1 aromatic carbocycles. The van der Waals surface area contributed by atoms with E-state index in [9.17, 15) is 18.3 Å². The van der Waals surface area contributed by atoms with Crippen molar-refractivity contribution in [2.75, 3.05) is 18.9 Å². The summed E-state index contributed by atoms with van der Waals surface area (Å²) in [6, 6.07) is 5.96. The summed E-state index contributed by atoms with van der Waals surface area (Å²) in [5, 5.41) is 9.48. The number of benzene rings is 1. The lowest BCUT2D eigenvalue weighted by Gasteiger charge is -2.31. The average Bonchev–Trinajstić information content (AvgIpc) is 3.04. The molecule has 9 heteroatoms. The van der Waals surface area contributed by atoms with Crippen LogP contribution < -0.4 is 4.74 Å². The zero-order valence-electron chi connectivity index (χ0n) is 13.7. The van der Waals surface area contributed by atoms with Crippen LogP contribution in [-0.2, 0) is 21.2 Å². The molecule has 1 aromatic heterocycles. The molecule has 0 spiro atoms. The maximum absolute atomic E-state index is 12.6. The molecule has 0 bridgehead atoms. The lowest BCUT2D eigenvalue weighted by Crippen LogP contribution is -2.45. The van der Waals surface area contributed by atoms with Gasteiger partial charge >= 0.3 is 5.97 Å². The minimum absolute atomic E-state index is 0.0539. The van der Waals surface area contributed by atoms with Gasteiger partial charge in [0, 0.05) is 18.7 Å². The van der Waals surface area contributed by atoms with Crippen LogP contribution in [0.25, 0.3) is 0 Å². The monoisotopic (exact) mass is 365 g/mol. The van der Waals surface area contributed by atoms with Gasteiger partial charge < -0.3 is 14.8 Å². The number of carboxylic acids is 1. The van der Waals surface area contributed by atoms with Crippen molar-refractivity contribution in [1.82, 2.24) is 14.3 Å². The van der Waals surface area contributed by atoms with Crippen molar-refractivity contribution in [3.63, 3.8) is 0 Å². The number of aromatic amines is 1. The molecule has 0 saturated heterocycles. The van der Waals surface area contributed by atoms with Crippen LogP contribution in [0.2, 0.25) is 0 Å². The van der Waals surface area contributed by atoms with Crippen molar-refractivity contribution < 1.29 is 23.1 Å². The van der Waals surface area contributed by atoms with Gasteiger partial charge in [-0.15, -0.1) is 0 Å². The molecule has 2 heterocycles. The molecule has 0 saturated carbocycles. The maximum atomic E-state index is 12.6. The second-order valence-electron chi connectivity index (χ2n) is 5.85. The van der Waals surface area contributed by atoms with E-state index in [0.29, 0.717) is 17.9 Å². The van der Waals surface area contributed by atoms with Crippen LogP contribution in [0.15, 0.2) is 30.6 Å². The first-order valence-corrected chi connectivity index (χ1v) is 9.43. The topological polar surface area (TPSA) is 113 Å². The Morgan fingerprint density at radius 1 is 1.40 bits per heavy atom. The molecular weight excluding hydrogens is 346 g/mol. The van der Waals surface area contributed by atoms with E-state index in [1.807, 2.05) is 19.1 Å². The molecule has 1 atom stereocenters. The molecule has 25 heavy (non-hydrogen) atoms. The highest BCUT2D eigenvalue weighted by Crippen LogP contribution is 2.30. The van der Waals surface area contributed by atoms with Gasteiger partial charge in [0.2, 0.25) is 10.0 Å². The number of carboxylic acid groups (broad SMARTS) is 1. The van der Waals surface area contributed by atoms with Crippen LogP contribution in [-0.4, -0.2) is 52.7 Å². The number of sulfonamides is 1. The Bertz CT molecular complexity index is 860. The summed E-state index contributed by atoms with van der Waals surface area (Å²) in [5.41, 5.74) is 1.99. The van der Waals surface area contributed by atoms with E-state index in [0.717, 1.165) is 9.87 Å². The van der Waals surface area contributed by atoms with Gasteiger partial charge in [-0.25, -0.2) is 13.4 Å². The first-order chi connectivity index (χ1) is 11.9. The minimum atomic E-state index is -3.80. The number of aromatic nitrogens is 2. The zero-order chi connectivity index (χ0) is 18.0. The highest BCUT2D eigenvalue weighted by Gasteiger charge is 2.41. The number of H-pyrrole nitrogens is 1. The van der Waals surface area contributed by atoms with Crippen molar-refractivity contribution in [1.29, 1.82) is 0 Å². The summed E-state index contributed by atoms with van der Waals surface area (Å²) in [5.74, 6) is -0.968. The molecule has 0 amide bonds. The Balaban J connectivity index is 1.70. The number of aryl methyl sites for hydroxylation is 1. The van der Waals surface area contributed by atoms with Gasteiger partial charge in [-0.05, 0) is 19.1 Å². The number of carbonyl (C=O) groups is 1. The molecule has 2 aromatic rings. The molecule has 1 aliphatic heterocycles. The summed E-state index contributed by atoms with van der Waals surface area (Å²) < 4.78 is 31.7. The number of fused-ring (bicyclic) bond motifs is 1. The van der Waals surface area contributed by atoms with E-state index >= 15 is 0 Å². The number of nitrogens with zero attached hydrogens (tertiary/aromatic N) is 2. The van der Waals surface area contributed by atoms with E-state index in [-0.39, 0.29) is 24.6 Å². The summed E-state index contributed by atoms with van der Waals surface area (Å²) in [4.78, 5) is 18.5. The molecule has 0 fully saturated rings. The SMILES string of the molecule is Cc1ccc(OCCS(=O)(=O)N2CCc3[nH]cnc3C2C(=O)O)cc1. The molecule has 0 radical (unpaired) electrons. The number of ether oxygens (including phenoxy) is 1. The third-order valence-corrected chi connectivity index (χ3v) is 5.89. The third-order valence-electron chi connectivity index (χ3n) is 4.10. The average molecular weight is 365 g/mol. The summed E-state index contributed by atoms with van der Waals surface area (Å²) in [6.07, 6.45) is 1.79. The Morgan fingerprint density at radius 2 is 2.12 bits per heavy atom. The van der Waals surface area contributed by atoms with Gasteiger partial charge in [0.05, 0.1) is 17.8 Å². The quantitative estimate of drug-likeness (QED) is 0.793. The highest BCUT2D eigenvalue weighted by molar-refractivity contribution is 7.89. The Labute approximate surface area is 145 Å². The van der Waals surface area contributed by atoms with Crippen LogP contribution >= 0.6 is 0 Å². The molecule has 0 aliphatic carbocycles. The number of hydrogen-bond acceptors (Lipinski definition) is 5. The van der Waals surface area contributed by atoms with Crippen LogP contribution in [0.1, 0.15) is 23.0 Å². The van der Waals surface area contributed by atoms with E-state index < -0.39 is 22.0 Å². The number of aliphatic carboxylic acids is 1. The molecule has 1 aliphatic rings. The second-order valence-corrected chi connectivity index (χ2v) is 7.89. The summed E-state index contributed by atoms with van der Waals surface area (Å²) in [6.45, 7) is 1.99. The standard InChI is InChI=1S/C16H19N3O5S/c1-11-2-4-12(5-3-11)24-8-9-25(22,23)19-7-6-13-14(18-10-17-13)15(19)16(20)21/h2-5,10,15H,6-9H2,1H3,(H,17,18)(H,20,21). The summed E-state index contributed by atoms with van der Waals surface area (Å²) >= 11 is 0. The smallest absolute Gasteiger partial charge is 0.328 e. The predicted octanol–water partition coefficient (Wildman–Crippen LogP) is 1.11. The van der Waals surface area contributed by atoms with Gasteiger partial charge in [-0.1, -0.05) is 17.7 Å². The lowest BCUT2D eigenvalue weighted by molar-refractivity contribution is -0.142. The minimum Gasteiger partial charge on any atom is -0.492 e. The van der Waals surface area contributed by atoms with Crippen LogP contribution in [0.5, 0.6) is 5.75 Å². The zero-order valence-corrected chi connectivity index (χ0v) is 14.5. The molecule has 134 valence electrons. The van der Waals surface area contributed by atoms with Gasteiger partial charge in [-0.2, -0.15) is 4.31 Å². The fraction of sp³-hybridized carbons (Fsp3) is 0.375. The first-order valence-electron chi connectivity index (χ1n) is 7.82. The van der Waals surface area contributed by atoms with Crippen molar-refractivity contribution in [3.05, 3.63) is 47.5 Å². The Kier molecular flexibility index (Phi) is 4.78. The summed E-state index contributed by atoms with van der Waals surface area (Å²) in [7, 11) is -3.80. The number of hydrogen-bond donors (Lipinski definition) is 2. The van der Waals surface area contributed by atoms with Gasteiger partial charge in [0.1, 0.15) is 12.4 Å². The second kappa shape index (κ2) is 6.85. The first kappa shape index (κ1) is 17.4. The predicted molar refractivity (Wildman–Crippen MR) is 89.8 cm³/mol.